The quantitative estimate of drug-likeness (QED) is 0.541. The van der Waals surface area contributed by atoms with Gasteiger partial charge >= 0.3 is 0 Å². The van der Waals surface area contributed by atoms with Crippen LogP contribution in [-0.4, -0.2) is 25.0 Å². The Bertz CT molecular complexity index is 926. The van der Waals surface area contributed by atoms with Gasteiger partial charge in [0, 0.05) is 49.0 Å². The molecule has 0 aliphatic rings. The molecule has 1 aromatic carbocycles. The van der Waals surface area contributed by atoms with E-state index >= 15 is 0 Å². The summed E-state index contributed by atoms with van der Waals surface area (Å²) in [6.45, 7) is 2.35. The Labute approximate surface area is 151 Å². The Morgan fingerprint density at radius 3 is 2.58 bits per heavy atom. The van der Waals surface area contributed by atoms with Crippen LogP contribution in [0.15, 0.2) is 73.4 Å². The zero-order valence-corrected chi connectivity index (χ0v) is 14.3. The monoisotopic (exact) mass is 344 g/mol. The maximum atomic E-state index is 4.24. The predicted molar refractivity (Wildman–Crippen MR) is 100 cm³/mol. The maximum absolute atomic E-state index is 4.24. The van der Waals surface area contributed by atoms with Crippen LogP contribution in [0.25, 0.3) is 11.3 Å². The Hall–Kier alpha value is -3.25. The number of nitrogens with zero attached hydrogens (tertiary/aromatic N) is 4. The first-order valence-corrected chi connectivity index (χ1v) is 8.57. The number of H-pyrrole nitrogens is 1. The largest absolute Gasteiger partial charge is 0.308 e. The molecule has 0 unspecified atom stereocenters. The van der Waals surface area contributed by atoms with Crippen molar-refractivity contribution in [1.29, 1.82) is 0 Å². The molecule has 0 amide bonds. The lowest BCUT2D eigenvalue weighted by Gasteiger charge is -2.07. The fourth-order valence-corrected chi connectivity index (χ4v) is 2.89. The minimum atomic E-state index is 0.746. The number of nitrogens with one attached hydrogen (secondary N) is 2. The van der Waals surface area contributed by atoms with Crippen LogP contribution >= 0.6 is 0 Å². The molecule has 4 rings (SSSR count). The van der Waals surface area contributed by atoms with Gasteiger partial charge in [-0.15, -0.1) is 0 Å². The van der Waals surface area contributed by atoms with Crippen LogP contribution in [0.5, 0.6) is 0 Å². The van der Waals surface area contributed by atoms with Crippen molar-refractivity contribution in [2.24, 2.45) is 0 Å². The second-order valence-electron chi connectivity index (χ2n) is 6.14. The topological polar surface area (TPSA) is 71.4 Å². The third-order valence-corrected chi connectivity index (χ3v) is 4.24. The number of hydrogen-bond donors (Lipinski definition) is 2. The summed E-state index contributed by atoms with van der Waals surface area (Å²) in [5, 5.41) is 14.9. The molecule has 0 fully saturated rings. The number of aromatic nitrogens is 5. The van der Waals surface area contributed by atoms with Crippen molar-refractivity contribution in [3.8, 4) is 11.3 Å². The summed E-state index contributed by atoms with van der Waals surface area (Å²) in [6.07, 6.45) is 9.25. The van der Waals surface area contributed by atoms with Gasteiger partial charge in [0.1, 0.15) is 0 Å². The highest BCUT2D eigenvalue weighted by atomic mass is 15.3. The first kappa shape index (κ1) is 16.2. The van der Waals surface area contributed by atoms with E-state index in [2.05, 4.69) is 49.9 Å². The third-order valence-electron chi connectivity index (χ3n) is 4.24. The zero-order valence-electron chi connectivity index (χ0n) is 14.3. The summed E-state index contributed by atoms with van der Waals surface area (Å²) in [4.78, 5) is 4.17. The minimum Gasteiger partial charge on any atom is -0.308 e. The highest BCUT2D eigenvalue weighted by Gasteiger charge is 2.07. The molecule has 0 radical (unpaired) electrons. The molecule has 0 atom stereocenters. The Balaban J connectivity index is 1.33. The SMILES string of the molecule is c1cncc(-c2[nH]ncc2CNCc2ccc(Cn3cccn3)cc2)c1. The Kier molecular flexibility index (Phi) is 4.84. The van der Waals surface area contributed by atoms with Gasteiger partial charge in [-0.2, -0.15) is 10.2 Å². The van der Waals surface area contributed by atoms with E-state index in [-0.39, 0.29) is 0 Å². The summed E-state index contributed by atoms with van der Waals surface area (Å²) in [5.74, 6) is 0. The van der Waals surface area contributed by atoms with Crippen LogP contribution < -0.4 is 5.32 Å². The van der Waals surface area contributed by atoms with Crippen molar-refractivity contribution in [2.75, 3.05) is 0 Å². The highest BCUT2D eigenvalue weighted by molar-refractivity contribution is 5.61. The van der Waals surface area contributed by atoms with Gasteiger partial charge in [-0.1, -0.05) is 24.3 Å². The van der Waals surface area contributed by atoms with Crippen molar-refractivity contribution >= 4 is 0 Å². The first-order chi connectivity index (χ1) is 12.9. The molecule has 3 heterocycles. The number of aromatic amines is 1. The van der Waals surface area contributed by atoms with E-state index in [1.807, 2.05) is 41.5 Å². The molecule has 2 N–H and O–H groups in total. The summed E-state index contributed by atoms with van der Waals surface area (Å²) in [5.41, 5.74) is 5.69. The molecule has 6 heteroatoms. The number of rotatable bonds is 7. The molecule has 4 aromatic rings. The smallest absolute Gasteiger partial charge is 0.0710 e. The molecule has 0 spiro atoms. The van der Waals surface area contributed by atoms with Gasteiger partial charge < -0.3 is 5.32 Å². The summed E-state index contributed by atoms with van der Waals surface area (Å²) in [6, 6.07) is 14.5. The third kappa shape index (κ3) is 3.87. The molecule has 0 bridgehead atoms. The Morgan fingerprint density at radius 2 is 1.81 bits per heavy atom. The van der Waals surface area contributed by atoms with Gasteiger partial charge in [0.25, 0.3) is 0 Å². The van der Waals surface area contributed by atoms with Crippen LogP contribution in [0.1, 0.15) is 16.7 Å². The van der Waals surface area contributed by atoms with E-state index in [0.29, 0.717) is 0 Å². The van der Waals surface area contributed by atoms with Crippen LogP contribution in [0.3, 0.4) is 0 Å². The van der Waals surface area contributed by atoms with Crippen molar-refractivity contribution < 1.29 is 0 Å². The van der Waals surface area contributed by atoms with E-state index in [1.165, 1.54) is 11.1 Å². The molecular formula is C20H20N6. The first-order valence-electron chi connectivity index (χ1n) is 8.57. The average Bonchev–Trinajstić information content (AvgIpc) is 3.36. The lowest BCUT2D eigenvalue weighted by molar-refractivity contribution is 0.682. The lowest BCUT2D eigenvalue weighted by Crippen LogP contribution is -2.13. The van der Waals surface area contributed by atoms with Crippen LogP contribution in [-0.2, 0) is 19.6 Å². The zero-order chi connectivity index (χ0) is 17.6. The standard InChI is InChI=1S/C20H20N6/c1-3-18(12-21-8-1)20-19(14-23-25-20)13-22-11-16-4-6-17(7-5-16)15-26-10-2-9-24-26/h1-10,12,14,22H,11,13,15H2,(H,23,25). The van der Waals surface area contributed by atoms with Crippen molar-refractivity contribution in [3.05, 3.63) is 90.1 Å². The molecule has 0 saturated carbocycles. The fraction of sp³-hybridized carbons (Fsp3) is 0.150. The molecule has 130 valence electrons. The molecule has 0 saturated heterocycles. The second-order valence-corrected chi connectivity index (χ2v) is 6.14. The normalized spacial score (nSPS) is 10.9. The van der Waals surface area contributed by atoms with E-state index < -0.39 is 0 Å². The Morgan fingerprint density at radius 1 is 0.923 bits per heavy atom. The van der Waals surface area contributed by atoms with E-state index in [1.54, 1.807) is 12.4 Å². The molecule has 3 aromatic heterocycles. The minimum absolute atomic E-state index is 0.746. The summed E-state index contributed by atoms with van der Waals surface area (Å²) >= 11 is 0. The van der Waals surface area contributed by atoms with Gasteiger partial charge in [-0.3, -0.25) is 14.8 Å². The van der Waals surface area contributed by atoms with Crippen LogP contribution in [0.2, 0.25) is 0 Å². The molecule has 0 aliphatic heterocycles. The van der Waals surface area contributed by atoms with Gasteiger partial charge in [0.05, 0.1) is 18.4 Å². The summed E-state index contributed by atoms with van der Waals surface area (Å²) < 4.78 is 1.92. The van der Waals surface area contributed by atoms with Gasteiger partial charge in [0.2, 0.25) is 0 Å². The second kappa shape index (κ2) is 7.76. The fourth-order valence-electron chi connectivity index (χ4n) is 2.89. The predicted octanol–water partition coefficient (Wildman–Crippen LogP) is 3.01. The molecular weight excluding hydrogens is 324 g/mol. The lowest BCUT2D eigenvalue weighted by atomic mass is 10.1. The maximum Gasteiger partial charge on any atom is 0.0710 e. The van der Waals surface area contributed by atoms with E-state index in [9.17, 15) is 0 Å². The van der Waals surface area contributed by atoms with Crippen LogP contribution in [0, 0.1) is 0 Å². The van der Waals surface area contributed by atoms with E-state index in [4.69, 9.17) is 0 Å². The molecule has 0 aliphatic carbocycles. The van der Waals surface area contributed by atoms with Crippen molar-refractivity contribution in [2.45, 2.75) is 19.6 Å². The molecule has 6 nitrogen and oxygen atoms in total. The van der Waals surface area contributed by atoms with Gasteiger partial charge in [-0.05, 0) is 29.3 Å². The van der Waals surface area contributed by atoms with E-state index in [0.717, 1.165) is 36.5 Å². The van der Waals surface area contributed by atoms with Gasteiger partial charge in [0.15, 0.2) is 0 Å². The average molecular weight is 344 g/mol. The number of hydrogen-bond acceptors (Lipinski definition) is 4. The molecule has 26 heavy (non-hydrogen) atoms. The number of pyridine rings is 1. The van der Waals surface area contributed by atoms with Crippen LogP contribution in [0.4, 0.5) is 0 Å². The van der Waals surface area contributed by atoms with Crippen molar-refractivity contribution in [1.82, 2.24) is 30.3 Å². The number of benzene rings is 1. The highest BCUT2D eigenvalue weighted by Crippen LogP contribution is 2.19. The van der Waals surface area contributed by atoms with Gasteiger partial charge in [-0.25, -0.2) is 0 Å². The summed E-state index contributed by atoms with van der Waals surface area (Å²) in [7, 11) is 0. The van der Waals surface area contributed by atoms with Crippen molar-refractivity contribution in [3.63, 3.8) is 0 Å².